The molecular weight excluding hydrogens is 416 g/mol. The second kappa shape index (κ2) is 9.69. The number of anilines is 1. The lowest BCUT2D eigenvalue weighted by molar-refractivity contribution is 0.0622. The quantitative estimate of drug-likeness (QED) is 0.686. The maximum atomic E-state index is 13.2. The molecule has 29 heavy (non-hydrogen) atoms. The van der Waals surface area contributed by atoms with Gasteiger partial charge in [0.05, 0.1) is 11.2 Å². The Morgan fingerprint density at radius 3 is 2.45 bits per heavy atom. The van der Waals surface area contributed by atoms with Crippen molar-refractivity contribution in [2.24, 2.45) is 0 Å². The SMILES string of the molecule is CCN(CC)c1ncc(Cl)c(C(=O)N2CCN(Cc3ccc(F)cc3Cl)CC2)n1. The van der Waals surface area contributed by atoms with Gasteiger partial charge in [-0.05, 0) is 31.5 Å². The van der Waals surface area contributed by atoms with Gasteiger partial charge in [-0.2, -0.15) is 0 Å². The second-order valence-corrected chi connectivity index (χ2v) is 7.66. The Morgan fingerprint density at radius 2 is 1.83 bits per heavy atom. The molecule has 1 amide bonds. The molecule has 156 valence electrons. The molecule has 1 aromatic carbocycles. The average Bonchev–Trinajstić information content (AvgIpc) is 2.72. The predicted molar refractivity (Wildman–Crippen MR) is 113 cm³/mol. The van der Waals surface area contributed by atoms with E-state index < -0.39 is 0 Å². The van der Waals surface area contributed by atoms with Gasteiger partial charge in [0.1, 0.15) is 5.82 Å². The molecule has 6 nitrogen and oxygen atoms in total. The Hall–Kier alpha value is -1.96. The summed E-state index contributed by atoms with van der Waals surface area (Å²) in [5.74, 6) is -0.0300. The number of carbonyl (C=O) groups excluding carboxylic acids is 1. The molecule has 1 aliphatic heterocycles. The highest BCUT2D eigenvalue weighted by Crippen LogP contribution is 2.22. The van der Waals surface area contributed by atoms with E-state index in [1.54, 1.807) is 11.0 Å². The van der Waals surface area contributed by atoms with Gasteiger partial charge in [-0.25, -0.2) is 14.4 Å². The summed E-state index contributed by atoms with van der Waals surface area (Å²) >= 11 is 12.3. The summed E-state index contributed by atoms with van der Waals surface area (Å²) in [4.78, 5) is 27.6. The number of rotatable bonds is 6. The molecule has 0 saturated carbocycles. The maximum absolute atomic E-state index is 13.2. The van der Waals surface area contributed by atoms with Crippen LogP contribution >= 0.6 is 23.2 Å². The molecule has 1 saturated heterocycles. The summed E-state index contributed by atoms with van der Waals surface area (Å²) < 4.78 is 13.2. The molecule has 2 aromatic rings. The van der Waals surface area contributed by atoms with Gasteiger partial charge in [0.25, 0.3) is 5.91 Å². The zero-order valence-corrected chi connectivity index (χ0v) is 18.0. The van der Waals surface area contributed by atoms with Crippen molar-refractivity contribution in [3.05, 3.63) is 51.5 Å². The fourth-order valence-electron chi connectivity index (χ4n) is 3.32. The number of benzene rings is 1. The number of carbonyl (C=O) groups is 1. The van der Waals surface area contributed by atoms with Gasteiger partial charge in [-0.1, -0.05) is 29.3 Å². The summed E-state index contributed by atoms with van der Waals surface area (Å²) in [5, 5.41) is 0.673. The van der Waals surface area contributed by atoms with Gasteiger partial charge >= 0.3 is 0 Å². The minimum Gasteiger partial charge on any atom is -0.341 e. The number of aromatic nitrogens is 2. The highest BCUT2D eigenvalue weighted by Gasteiger charge is 2.26. The maximum Gasteiger partial charge on any atom is 0.274 e. The molecule has 9 heteroatoms. The Balaban J connectivity index is 1.65. The summed E-state index contributed by atoms with van der Waals surface area (Å²) in [6.07, 6.45) is 1.49. The standard InChI is InChI=1S/C20H24Cl2FN5O/c1-3-27(4-2)20-24-12-17(22)18(25-20)19(29)28-9-7-26(8-10-28)13-14-5-6-15(23)11-16(14)21/h5-6,11-12H,3-4,7-10,13H2,1-2H3. The fraction of sp³-hybridized carbons (Fsp3) is 0.450. The first kappa shape index (κ1) is 21.7. The van der Waals surface area contributed by atoms with E-state index in [-0.39, 0.29) is 22.4 Å². The highest BCUT2D eigenvalue weighted by molar-refractivity contribution is 6.33. The zero-order valence-electron chi connectivity index (χ0n) is 16.5. The summed E-state index contributed by atoms with van der Waals surface area (Å²) in [6, 6.07) is 4.43. The van der Waals surface area contributed by atoms with Gasteiger partial charge in [0, 0.05) is 50.8 Å². The third-order valence-electron chi connectivity index (χ3n) is 5.05. The van der Waals surface area contributed by atoms with Gasteiger partial charge in [0.15, 0.2) is 5.69 Å². The Morgan fingerprint density at radius 1 is 1.14 bits per heavy atom. The molecule has 1 aliphatic rings. The molecule has 2 heterocycles. The minimum atomic E-state index is -0.347. The van der Waals surface area contributed by atoms with Crippen LogP contribution in [0, 0.1) is 5.82 Å². The van der Waals surface area contributed by atoms with E-state index in [1.807, 2.05) is 18.7 Å². The molecule has 0 atom stereocenters. The molecule has 0 aliphatic carbocycles. The summed E-state index contributed by atoms with van der Waals surface area (Å²) in [5.41, 5.74) is 1.11. The molecule has 0 unspecified atom stereocenters. The molecule has 0 radical (unpaired) electrons. The molecule has 0 spiro atoms. The normalized spacial score (nSPS) is 14.9. The van der Waals surface area contributed by atoms with E-state index in [9.17, 15) is 9.18 Å². The van der Waals surface area contributed by atoms with Crippen LogP contribution in [0.3, 0.4) is 0 Å². The van der Waals surface area contributed by atoms with Crippen LogP contribution in [0.1, 0.15) is 29.9 Å². The average molecular weight is 440 g/mol. The van der Waals surface area contributed by atoms with Gasteiger partial charge in [-0.15, -0.1) is 0 Å². The van der Waals surface area contributed by atoms with Gasteiger partial charge in [-0.3, -0.25) is 9.69 Å². The lowest BCUT2D eigenvalue weighted by Crippen LogP contribution is -2.48. The summed E-state index contributed by atoms with van der Waals surface area (Å²) in [7, 11) is 0. The van der Waals surface area contributed by atoms with Gasteiger partial charge < -0.3 is 9.80 Å². The van der Waals surface area contributed by atoms with E-state index in [4.69, 9.17) is 23.2 Å². The third kappa shape index (κ3) is 5.15. The zero-order chi connectivity index (χ0) is 21.0. The number of halogens is 3. The highest BCUT2D eigenvalue weighted by atomic mass is 35.5. The van der Waals surface area contributed by atoms with Crippen LogP contribution in [0.5, 0.6) is 0 Å². The first-order valence-electron chi connectivity index (χ1n) is 9.66. The monoisotopic (exact) mass is 439 g/mol. The smallest absolute Gasteiger partial charge is 0.274 e. The molecular formula is C20H24Cl2FN5O. The lowest BCUT2D eigenvalue weighted by Gasteiger charge is -2.35. The van der Waals surface area contributed by atoms with Crippen molar-refractivity contribution in [1.29, 1.82) is 0 Å². The van der Waals surface area contributed by atoms with Crippen molar-refractivity contribution in [1.82, 2.24) is 19.8 Å². The first-order valence-corrected chi connectivity index (χ1v) is 10.4. The topological polar surface area (TPSA) is 52.6 Å². The van der Waals surface area contributed by atoms with Crippen molar-refractivity contribution in [3.8, 4) is 0 Å². The lowest BCUT2D eigenvalue weighted by atomic mass is 10.2. The van der Waals surface area contributed by atoms with Crippen molar-refractivity contribution >= 4 is 35.1 Å². The Labute approximate surface area is 180 Å². The van der Waals surface area contributed by atoms with E-state index in [1.165, 1.54) is 18.3 Å². The van der Waals surface area contributed by atoms with Crippen molar-refractivity contribution < 1.29 is 9.18 Å². The number of amides is 1. The predicted octanol–water partition coefficient (Wildman–Crippen LogP) is 3.73. The molecule has 0 N–H and O–H groups in total. The number of hydrogen-bond acceptors (Lipinski definition) is 5. The fourth-order valence-corrected chi connectivity index (χ4v) is 3.72. The van der Waals surface area contributed by atoms with Crippen LogP contribution in [0.2, 0.25) is 10.0 Å². The van der Waals surface area contributed by atoms with E-state index in [0.717, 1.165) is 18.7 Å². The minimum absolute atomic E-state index is 0.190. The van der Waals surface area contributed by atoms with Crippen LogP contribution in [0.4, 0.5) is 10.3 Å². The van der Waals surface area contributed by atoms with Crippen LogP contribution < -0.4 is 4.90 Å². The second-order valence-electron chi connectivity index (χ2n) is 6.84. The molecule has 3 rings (SSSR count). The van der Waals surface area contributed by atoms with E-state index in [0.29, 0.717) is 43.7 Å². The molecule has 1 aromatic heterocycles. The van der Waals surface area contributed by atoms with E-state index in [2.05, 4.69) is 14.9 Å². The molecule has 1 fully saturated rings. The van der Waals surface area contributed by atoms with Crippen LogP contribution in [0.25, 0.3) is 0 Å². The first-order chi connectivity index (χ1) is 13.9. The number of piperazine rings is 1. The van der Waals surface area contributed by atoms with Crippen LogP contribution in [-0.4, -0.2) is 64.9 Å². The Bertz CT molecular complexity index is 870. The van der Waals surface area contributed by atoms with Crippen molar-refractivity contribution in [2.75, 3.05) is 44.2 Å². The number of hydrogen-bond donors (Lipinski definition) is 0. The van der Waals surface area contributed by atoms with Crippen LogP contribution in [-0.2, 0) is 6.54 Å². The number of nitrogens with zero attached hydrogens (tertiary/aromatic N) is 5. The largest absolute Gasteiger partial charge is 0.341 e. The third-order valence-corrected chi connectivity index (χ3v) is 5.68. The van der Waals surface area contributed by atoms with Crippen LogP contribution in [0.15, 0.2) is 24.4 Å². The molecule has 0 bridgehead atoms. The van der Waals surface area contributed by atoms with Crippen molar-refractivity contribution in [3.63, 3.8) is 0 Å². The Kier molecular flexibility index (Phi) is 7.27. The van der Waals surface area contributed by atoms with Gasteiger partial charge in [0.2, 0.25) is 5.95 Å². The van der Waals surface area contributed by atoms with Crippen molar-refractivity contribution in [2.45, 2.75) is 20.4 Å². The summed E-state index contributed by atoms with van der Waals surface area (Å²) in [6.45, 7) is 8.60. The van der Waals surface area contributed by atoms with E-state index >= 15 is 0 Å².